The summed E-state index contributed by atoms with van der Waals surface area (Å²) in [5.41, 5.74) is 4.01. The van der Waals surface area contributed by atoms with Crippen molar-refractivity contribution in [2.75, 3.05) is 19.8 Å². The molecule has 0 saturated carbocycles. The number of ether oxygens (including phenoxy) is 2. The Balaban J connectivity index is 1.75. The van der Waals surface area contributed by atoms with E-state index in [1.54, 1.807) is 6.20 Å². The van der Waals surface area contributed by atoms with Crippen molar-refractivity contribution in [3.8, 4) is 0 Å². The van der Waals surface area contributed by atoms with Crippen molar-refractivity contribution in [3.05, 3.63) is 29.0 Å². The molecule has 21 heavy (non-hydrogen) atoms. The van der Waals surface area contributed by atoms with Gasteiger partial charge in [0.25, 0.3) is 0 Å². The van der Waals surface area contributed by atoms with Crippen molar-refractivity contribution < 1.29 is 9.47 Å². The van der Waals surface area contributed by atoms with Crippen LogP contribution in [0.25, 0.3) is 0 Å². The van der Waals surface area contributed by atoms with Gasteiger partial charge in [0.15, 0.2) is 0 Å². The summed E-state index contributed by atoms with van der Waals surface area (Å²) in [5.74, 6) is 6.25. The van der Waals surface area contributed by atoms with Crippen molar-refractivity contribution in [1.82, 2.24) is 10.4 Å². The zero-order chi connectivity index (χ0) is 14.7. The van der Waals surface area contributed by atoms with Crippen LogP contribution in [0.3, 0.4) is 0 Å². The number of halogens is 1. The summed E-state index contributed by atoms with van der Waals surface area (Å²) in [6, 6.07) is 3.88. The van der Waals surface area contributed by atoms with Crippen LogP contribution >= 0.6 is 11.6 Å². The molecule has 1 aromatic rings. The van der Waals surface area contributed by atoms with E-state index in [9.17, 15) is 0 Å². The average molecular weight is 312 g/mol. The molecule has 0 radical (unpaired) electrons. The molecule has 2 saturated heterocycles. The summed E-state index contributed by atoms with van der Waals surface area (Å²) < 4.78 is 11.6. The van der Waals surface area contributed by atoms with Gasteiger partial charge in [0.2, 0.25) is 0 Å². The predicted octanol–water partition coefficient (Wildman–Crippen LogP) is 2.22. The van der Waals surface area contributed by atoms with Crippen LogP contribution in [0.15, 0.2) is 18.3 Å². The van der Waals surface area contributed by atoms with Crippen LogP contribution in [0.4, 0.5) is 0 Å². The van der Waals surface area contributed by atoms with E-state index in [0.717, 1.165) is 51.1 Å². The Morgan fingerprint density at radius 1 is 1.33 bits per heavy atom. The van der Waals surface area contributed by atoms with Gasteiger partial charge < -0.3 is 9.47 Å². The van der Waals surface area contributed by atoms with E-state index < -0.39 is 0 Å². The van der Waals surface area contributed by atoms with E-state index in [1.807, 2.05) is 12.1 Å². The topological polar surface area (TPSA) is 69.4 Å². The van der Waals surface area contributed by atoms with Crippen molar-refractivity contribution >= 4 is 11.6 Å². The molecule has 1 spiro atoms. The fourth-order valence-electron chi connectivity index (χ4n) is 3.52. The number of nitrogens with two attached hydrogens (primary N) is 1. The number of hydrogen-bond acceptors (Lipinski definition) is 5. The van der Waals surface area contributed by atoms with E-state index in [0.29, 0.717) is 11.1 Å². The minimum absolute atomic E-state index is 0.0316. The molecule has 2 unspecified atom stereocenters. The van der Waals surface area contributed by atoms with Crippen molar-refractivity contribution in [3.63, 3.8) is 0 Å². The van der Waals surface area contributed by atoms with Crippen LogP contribution in [0.2, 0.25) is 5.15 Å². The van der Waals surface area contributed by atoms with Crippen molar-refractivity contribution in [1.29, 1.82) is 0 Å². The molecule has 5 nitrogen and oxygen atoms in total. The van der Waals surface area contributed by atoms with E-state index >= 15 is 0 Å². The molecule has 0 aliphatic carbocycles. The molecule has 6 heteroatoms. The molecule has 2 fully saturated rings. The summed E-state index contributed by atoms with van der Waals surface area (Å²) in [4.78, 5) is 4.17. The molecule has 2 atom stereocenters. The molecule has 0 amide bonds. The van der Waals surface area contributed by atoms with Crippen LogP contribution < -0.4 is 11.3 Å². The van der Waals surface area contributed by atoms with Crippen LogP contribution in [-0.2, 0) is 9.47 Å². The number of hydrazine groups is 1. The van der Waals surface area contributed by atoms with Gasteiger partial charge in [-0.05, 0) is 43.2 Å². The Kier molecular flexibility index (Phi) is 4.76. The fraction of sp³-hybridized carbons (Fsp3) is 0.667. The lowest BCUT2D eigenvalue weighted by Crippen LogP contribution is -2.47. The summed E-state index contributed by atoms with van der Waals surface area (Å²) in [7, 11) is 0. The monoisotopic (exact) mass is 311 g/mol. The Morgan fingerprint density at radius 2 is 2.14 bits per heavy atom. The molecule has 3 N–H and O–H groups in total. The Morgan fingerprint density at radius 3 is 2.81 bits per heavy atom. The first-order valence-corrected chi connectivity index (χ1v) is 7.89. The van der Waals surface area contributed by atoms with Crippen molar-refractivity contribution in [2.45, 2.75) is 37.3 Å². The average Bonchev–Trinajstić information content (AvgIpc) is 2.51. The molecule has 0 aromatic carbocycles. The number of hydrogen-bond donors (Lipinski definition) is 2. The van der Waals surface area contributed by atoms with Gasteiger partial charge in [-0.15, -0.1) is 0 Å². The highest BCUT2D eigenvalue weighted by atomic mass is 35.5. The van der Waals surface area contributed by atoms with E-state index in [1.165, 1.54) is 0 Å². The molecule has 2 aliphatic rings. The third kappa shape index (κ3) is 3.38. The SMILES string of the molecule is NNC(c1ccc(Cl)nc1)C1CCOC2(CCOCC2)C1. The molecule has 116 valence electrons. The Labute approximate surface area is 130 Å². The minimum Gasteiger partial charge on any atom is -0.381 e. The summed E-state index contributed by atoms with van der Waals surface area (Å²) in [5, 5.41) is 0.502. The standard InChI is InChI=1S/C15H22ClN3O2/c16-13-2-1-12(10-18-13)14(19-17)11-3-6-21-15(9-11)4-7-20-8-5-15/h1-2,10-11,14,19H,3-9,17H2. The maximum absolute atomic E-state index is 6.10. The smallest absolute Gasteiger partial charge is 0.129 e. The quantitative estimate of drug-likeness (QED) is 0.509. The molecular weight excluding hydrogens is 290 g/mol. The molecule has 3 heterocycles. The number of pyridine rings is 1. The predicted molar refractivity (Wildman–Crippen MR) is 80.8 cm³/mol. The number of nitrogens with one attached hydrogen (secondary N) is 1. The Bertz CT molecular complexity index is 457. The highest BCUT2D eigenvalue weighted by Crippen LogP contribution is 2.41. The van der Waals surface area contributed by atoms with Crippen LogP contribution in [0.5, 0.6) is 0 Å². The third-order valence-electron chi connectivity index (χ3n) is 4.70. The second-order valence-corrected chi connectivity index (χ2v) is 6.34. The van der Waals surface area contributed by atoms with Crippen LogP contribution in [-0.4, -0.2) is 30.4 Å². The van der Waals surface area contributed by atoms with Crippen LogP contribution in [0.1, 0.15) is 37.3 Å². The van der Waals surface area contributed by atoms with Gasteiger partial charge in [-0.1, -0.05) is 17.7 Å². The second kappa shape index (κ2) is 6.58. The lowest BCUT2D eigenvalue weighted by Gasteiger charge is -2.45. The maximum atomic E-state index is 6.10. The number of aromatic nitrogens is 1. The van der Waals surface area contributed by atoms with Gasteiger partial charge in [0.1, 0.15) is 5.15 Å². The van der Waals surface area contributed by atoms with Gasteiger partial charge >= 0.3 is 0 Å². The molecular formula is C15H22ClN3O2. The van der Waals surface area contributed by atoms with Gasteiger partial charge in [-0.2, -0.15) is 0 Å². The lowest BCUT2D eigenvalue weighted by atomic mass is 9.76. The normalized spacial score (nSPS) is 26.7. The zero-order valence-corrected chi connectivity index (χ0v) is 12.8. The number of rotatable bonds is 3. The van der Waals surface area contributed by atoms with E-state index in [4.69, 9.17) is 26.9 Å². The van der Waals surface area contributed by atoms with Crippen LogP contribution in [0, 0.1) is 5.92 Å². The largest absolute Gasteiger partial charge is 0.381 e. The van der Waals surface area contributed by atoms with Gasteiger partial charge in [-0.25, -0.2) is 4.98 Å². The minimum atomic E-state index is -0.0316. The Hall–Kier alpha value is -0.720. The van der Waals surface area contributed by atoms with Gasteiger partial charge in [0, 0.05) is 26.0 Å². The highest BCUT2D eigenvalue weighted by Gasteiger charge is 2.41. The zero-order valence-electron chi connectivity index (χ0n) is 12.1. The van der Waals surface area contributed by atoms with Crippen molar-refractivity contribution in [2.24, 2.45) is 11.8 Å². The fourth-order valence-corrected chi connectivity index (χ4v) is 3.63. The maximum Gasteiger partial charge on any atom is 0.129 e. The summed E-state index contributed by atoms with van der Waals surface area (Å²) in [6.07, 6.45) is 5.76. The molecule has 0 bridgehead atoms. The molecule has 3 rings (SSSR count). The van der Waals surface area contributed by atoms with E-state index in [2.05, 4.69) is 10.4 Å². The first kappa shape index (κ1) is 15.2. The van der Waals surface area contributed by atoms with Gasteiger partial charge in [0.05, 0.1) is 11.6 Å². The molecule has 2 aliphatic heterocycles. The third-order valence-corrected chi connectivity index (χ3v) is 4.92. The number of nitrogens with zero attached hydrogens (tertiary/aromatic N) is 1. The highest BCUT2D eigenvalue weighted by molar-refractivity contribution is 6.29. The second-order valence-electron chi connectivity index (χ2n) is 5.96. The van der Waals surface area contributed by atoms with Gasteiger partial charge in [-0.3, -0.25) is 11.3 Å². The first-order chi connectivity index (χ1) is 10.2. The molecule has 1 aromatic heterocycles. The summed E-state index contributed by atoms with van der Waals surface area (Å²) >= 11 is 5.87. The first-order valence-electron chi connectivity index (χ1n) is 7.52. The van der Waals surface area contributed by atoms with E-state index in [-0.39, 0.29) is 11.6 Å². The summed E-state index contributed by atoms with van der Waals surface area (Å²) in [6.45, 7) is 2.36. The lowest BCUT2D eigenvalue weighted by molar-refractivity contribution is -0.150.